The summed E-state index contributed by atoms with van der Waals surface area (Å²) in [5, 5.41) is 3.47. The van der Waals surface area contributed by atoms with Gasteiger partial charge in [0.25, 0.3) is 0 Å². The van der Waals surface area contributed by atoms with Crippen molar-refractivity contribution in [1.82, 2.24) is 5.32 Å². The van der Waals surface area contributed by atoms with Crippen molar-refractivity contribution in [2.75, 3.05) is 26.4 Å². The topological polar surface area (TPSA) is 30.5 Å². The molecule has 0 saturated carbocycles. The van der Waals surface area contributed by atoms with Gasteiger partial charge >= 0.3 is 0 Å². The molecule has 1 fully saturated rings. The molecule has 96 valence electrons. The summed E-state index contributed by atoms with van der Waals surface area (Å²) >= 11 is 8.78. The van der Waals surface area contributed by atoms with E-state index in [9.17, 15) is 0 Å². The van der Waals surface area contributed by atoms with Gasteiger partial charge in [-0.05, 0) is 44.5 Å². The van der Waals surface area contributed by atoms with E-state index in [1.54, 1.807) is 11.3 Å². The smallest absolute Gasteiger partial charge is 0.101 e. The first-order valence-electron chi connectivity index (χ1n) is 5.59. The van der Waals surface area contributed by atoms with Crippen molar-refractivity contribution in [3.63, 3.8) is 0 Å². The summed E-state index contributed by atoms with van der Waals surface area (Å²) in [4.78, 5) is 1.26. The fraction of sp³-hybridized carbons (Fsp3) is 0.636. The van der Waals surface area contributed by atoms with E-state index in [0.717, 1.165) is 14.8 Å². The summed E-state index contributed by atoms with van der Waals surface area (Å²) in [7, 11) is 0. The molecular weight excluding hydrogens is 370 g/mol. The highest BCUT2D eigenvalue weighted by Gasteiger charge is 2.27. The number of hydrogen-bond acceptors (Lipinski definition) is 4. The van der Waals surface area contributed by atoms with Crippen LogP contribution in [0.15, 0.2) is 14.3 Å². The molecule has 1 N–H and O–H groups in total. The first kappa shape index (κ1) is 14.0. The maximum atomic E-state index is 5.78. The van der Waals surface area contributed by atoms with Crippen molar-refractivity contribution in [2.24, 2.45) is 0 Å². The van der Waals surface area contributed by atoms with Crippen LogP contribution in [-0.2, 0) is 9.47 Å². The quantitative estimate of drug-likeness (QED) is 0.863. The fourth-order valence-corrected chi connectivity index (χ4v) is 4.07. The molecule has 2 rings (SSSR count). The average Bonchev–Trinajstić information content (AvgIpc) is 2.67. The molecule has 2 unspecified atom stereocenters. The van der Waals surface area contributed by atoms with Gasteiger partial charge in [-0.15, -0.1) is 11.3 Å². The Labute approximate surface area is 122 Å². The van der Waals surface area contributed by atoms with Gasteiger partial charge in [0, 0.05) is 9.35 Å². The highest BCUT2D eigenvalue weighted by molar-refractivity contribution is 9.13. The van der Waals surface area contributed by atoms with E-state index >= 15 is 0 Å². The molecule has 0 bridgehead atoms. The van der Waals surface area contributed by atoms with Gasteiger partial charge in [0.15, 0.2) is 0 Å². The molecule has 1 aliphatic heterocycles. The van der Waals surface area contributed by atoms with Crippen molar-refractivity contribution >= 4 is 43.2 Å². The van der Waals surface area contributed by atoms with Gasteiger partial charge in [-0.1, -0.05) is 6.92 Å². The first-order valence-corrected chi connectivity index (χ1v) is 8.00. The second-order valence-electron chi connectivity index (χ2n) is 3.79. The minimum atomic E-state index is 0.0983. The third-order valence-electron chi connectivity index (χ3n) is 2.61. The van der Waals surface area contributed by atoms with Crippen LogP contribution < -0.4 is 5.32 Å². The molecule has 0 aromatic carbocycles. The van der Waals surface area contributed by atoms with Crippen molar-refractivity contribution in [3.8, 4) is 0 Å². The van der Waals surface area contributed by atoms with Crippen LogP contribution in [0.5, 0.6) is 0 Å². The molecule has 2 atom stereocenters. The zero-order valence-corrected chi connectivity index (χ0v) is 13.5. The molecule has 0 amide bonds. The van der Waals surface area contributed by atoms with Crippen LogP contribution in [-0.4, -0.2) is 32.5 Å². The maximum Gasteiger partial charge on any atom is 0.101 e. The molecule has 1 saturated heterocycles. The highest BCUT2D eigenvalue weighted by atomic mass is 79.9. The van der Waals surface area contributed by atoms with E-state index < -0.39 is 0 Å². The number of nitrogens with one attached hydrogen (secondary N) is 1. The normalized spacial score (nSPS) is 22.6. The van der Waals surface area contributed by atoms with E-state index in [4.69, 9.17) is 9.47 Å². The van der Waals surface area contributed by atoms with Crippen LogP contribution >= 0.6 is 43.2 Å². The van der Waals surface area contributed by atoms with Gasteiger partial charge in [-0.3, -0.25) is 0 Å². The SMILES string of the molecule is CCNC(c1cc(Br)c(Br)s1)C1COCCO1. The maximum absolute atomic E-state index is 5.78. The lowest BCUT2D eigenvalue weighted by Crippen LogP contribution is -2.40. The number of ether oxygens (including phenoxy) is 2. The zero-order valence-electron chi connectivity index (χ0n) is 9.54. The van der Waals surface area contributed by atoms with Crippen LogP contribution in [0.25, 0.3) is 0 Å². The van der Waals surface area contributed by atoms with Crippen LogP contribution in [0.2, 0.25) is 0 Å². The Morgan fingerprint density at radius 2 is 2.35 bits per heavy atom. The molecule has 1 aromatic rings. The molecule has 1 aliphatic rings. The molecule has 0 spiro atoms. The minimum Gasteiger partial charge on any atom is -0.376 e. The van der Waals surface area contributed by atoms with Crippen molar-refractivity contribution in [3.05, 3.63) is 19.2 Å². The van der Waals surface area contributed by atoms with Crippen LogP contribution in [0.3, 0.4) is 0 Å². The van der Waals surface area contributed by atoms with Crippen LogP contribution in [0.4, 0.5) is 0 Å². The largest absolute Gasteiger partial charge is 0.376 e. The molecular formula is C11H15Br2NO2S. The highest BCUT2D eigenvalue weighted by Crippen LogP contribution is 2.37. The van der Waals surface area contributed by atoms with E-state index in [0.29, 0.717) is 19.8 Å². The Morgan fingerprint density at radius 1 is 1.53 bits per heavy atom. The Balaban J connectivity index is 2.15. The molecule has 3 nitrogen and oxygen atoms in total. The minimum absolute atomic E-state index is 0.0983. The molecule has 0 radical (unpaired) electrons. The second kappa shape index (κ2) is 6.63. The first-order chi connectivity index (χ1) is 8.22. The average molecular weight is 385 g/mol. The summed E-state index contributed by atoms with van der Waals surface area (Å²) in [6, 6.07) is 2.34. The van der Waals surface area contributed by atoms with Crippen molar-refractivity contribution in [2.45, 2.75) is 19.1 Å². The fourth-order valence-electron chi connectivity index (χ4n) is 1.85. The number of thiophene rings is 1. The monoisotopic (exact) mass is 383 g/mol. The molecule has 0 aliphatic carbocycles. The Morgan fingerprint density at radius 3 is 2.88 bits per heavy atom. The van der Waals surface area contributed by atoms with Crippen LogP contribution in [0, 0.1) is 0 Å². The Kier molecular flexibility index (Phi) is 5.45. The Hall–Kier alpha value is 0.540. The zero-order chi connectivity index (χ0) is 12.3. The third-order valence-corrected chi connectivity index (χ3v) is 5.95. The van der Waals surface area contributed by atoms with Crippen molar-refractivity contribution < 1.29 is 9.47 Å². The molecule has 6 heteroatoms. The van der Waals surface area contributed by atoms with E-state index in [1.165, 1.54) is 4.88 Å². The third kappa shape index (κ3) is 3.52. The van der Waals surface area contributed by atoms with E-state index in [1.807, 2.05) is 0 Å². The molecule has 17 heavy (non-hydrogen) atoms. The number of likely N-dealkylation sites (N-methyl/N-ethyl adjacent to an activating group) is 1. The van der Waals surface area contributed by atoms with Crippen LogP contribution in [0.1, 0.15) is 17.8 Å². The summed E-state index contributed by atoms with van der Waals surface area (Å²) in [5.74, 6) is 0. The van der Waals surface area contributed by atoms with Gasteiger partial charge in [0.2, 0.25) is 0 Å². The van der Waals surface area contributed by atoms with Gasteiger partial charge in [0.05, 0.1) is 29.6 Å². The van der Waals surface area contributed by atoms with Gasteiger partial charge in [0.1, 0.15) is 6.10 Å². The van der Waals surface area contributed by atoms with Crippen molar-refractivity contribution in [1.29, 1.82) is 0 Å². The van der Waals surface area contributed by atoms with Gasteiger partial charge in [-0.25, -0.2) is 0 Å². The van der Waals surface area contributed by atoms with Gasteiger partial charge in [-0.2, -0.15) is 0 Å². The molecule has 1 aromatic heterocycles. The lowest BCUT2D eigenvalue weighted by molar-refractivity contribution is -0.102. The lowest BCUT2D eigenvalue weighted by Gasteiger charge is -2.30. The predicted octanol–water partition coefficient (Wildman–Crippen LogP) is 3.34. The number of halogens is 2. The standard InChI is InChI=1S/C11H15Br2NO2S/c1-2-14-10(8-6-15-3-4-16-8)9-5-7(12)11(13)17-9/h5,8,10,14H,2-4,6H2,1H3. The lowest BCUT2D eigenvalue weighted by atomic mass is 10.1. The summed E-state index contributed by atoms with van der Waals surface area (Å²) in [6.07, 6.45) is 0.0983. The summed E-state index contributed by atoms with van der Waals surface area (Å²) in [6.45, 7) is 5.06. The second-order valence-corrected chi connectivity index (χ2v) is 7.05. The summed E-state index contributed by atoms with van der Waals surface area (Å²) < 4.78 is 13.5. The number of hydrogen-bond donors (Lipinski definition) is 1. The molecule has 2 heterocycles. The Bertz CT molecular complexity index is 347. The predicted molar refractivity (Wildman–Crippen MR) is 76.7 cm³/mol. The number of rotatable bonds is 4. The van der Waals surface area contributed by atoms with Gasteiger partial charge < -0.3 is 14.8 Å². The van der Waals surface area contributed by atoms with E-state index in [-0.39, 0.29) is 12.1 Å². The summed E-state index contributed by atoms with van der Waals surface area (Å²) in [5.41, 5.74) is 0. The van der Waals surface area contributed by atoms with E-state index in [2.05, 4.69) is 50.2 Å².